The summed E-state index contributed by atoms with van der Waals surface area (Å²) in [4.78, 5) is 14.2. The number of nitrogens with zero attached hydrogens (tertiary/aromatic N) is 2. The molecule has 1 amide bonds. The van der Waals surface area contributed by atoms with Crippen LogP contribution in [0.3, 0.4) is 0 Å². The van der Waals surface area contributed by atoms with Crippen molar-refractivity contribution in [3.05, 3.63) is 41.6 Å². The third-order valence-electron chi connectivity index (χ3n) is 3.32. The molecule has 1 aromatic rings. The van der Waals surface area contributed by atoms with Crippen LogP contribution < -0.4 is 5.32 Å². The lowest BCUT2D eigenvalue weighted by atomic mass is 10.1. The number of halogens is 3. The van der Waals surface area contributed by atoms with E-state index < -0.39 is 17.6 Å². The fourth-order valence-corrected chi connectivity index (χ4v) is 2.41. The molecule has 0 spiro atoms. The Morgan fingerprint density at radius 2 is 1.81 bits per heavy atom. The zero-order chi connectivity index (χ0) is 19.9. The zero-order valence-corrected chi connectivity index (χ0v) is 15.4. The Bertz CT molecular complexity index is 678. The maximum Gasteiger partial charge on any atom is 0.416 e. The Morgan fingerprint density at radius 3 is 2.27 bits per heavy atom. The predicted molar refractivity (Wildman–Crippen MR) is 95.0 cm³/mol. The first kappa shape index (κ1) is 21.6. The average molecular weight is 367 g/mol. The number of carbonyl (C=O) groups excluding carboxylic acids is 1. The van der Waals surface area contributed by atoms with E-state index in [0.29, 0.717) is 24.9 Å². The molecule has 0 aliphatic heterocycles. The van der Waals surface area contributed by atoms with Crippen LogP contribution in [-0.4, -0.2) is 23.9 Å². The zero-order valence-electron chi connectivity index (χ0n) is 15.4. The van der Waals surface area contributed by atoms with Crippen LogP contribution in [-0.2, 0) is 11.0 Å². The molecular weight excluding hydrogens is 343 g/mol. The Kier molecular flexibility index (Phi) is 7.69. The lowest BCUT2D eigenvalue weighted by Crippen LogP contribution is -2.28. The van der Waals surface area contributed by atoms with Crippen molar-refractivity contribution in [2.24, 2.45) is 11.8 Å². The fraction of sp³-hybridized carbons (Fsp3) is 0.474. The molecule has 0 aromatic heterocycles. The number of rotatable bonds is 7. The number of anilines is 1. The van der Waals surface area contributed by atoms with E-state index in [1.807, 2.05) is 38.7 Å². The standard InChI is InChI=1S/C19H24F3N3O/c1-13(2)10-25(11-14(3)4)12-15(9-23)18(26)24-17-7-5-6-16(8-17)19(20,21)22/h5-8,12-14H,10-11H2,1-4H3,(H,24,26)/b15-12-. The van der Waals surface area contributed by atoms with Gasteiger partial charge in [0.2, 0.25) is 0 Å². The molecule has 7 heteroatoms. The van der Waals surface area contributed by atoms with Crippen molar-refractivity contribution >= 4 is 11.6 Å². The Balaban J connectivity index is 2.99. The van der Waals surface area contributed by atoms with Gasteiger partial charge in [0.25, 0.3) is 5.91 Å². The third-order valence-corrected chi connectivity index (χ3v) is 3.32. The molecule has 0 heterocycles. The molecule has 0 fully saturated rings. The topological polar surface area (TPSA) is 56.1 Å². The van der Waals surface area contributed by atoms with Gasteiger partial charge in [0.05, 0.1) is 5.56 Å². The largest absolute Gasteiger partial charge is 0.416 e. The van der Waals surface area contributed by atoms with Crippen LogP contribution >= 0.6 is 0 Å². The lowest BCUT2D eigenvalue weighted by molar-refractivity contribution is -0.137. The molecular formula is C19H24F3N3O. The average Bonchev–Trinajstić information content (AvgIpc) is 2.50. The second-order valence-electron chi connectivity index (χ2n) is 6.93. The number of alkyl halides is 3. The SMILES string of the molecule is CC(C)CN(/C=C(/C#N)C(=O)Nc1cccc(C(F)(F)F)c1)CC(C)C. The van der Waals surface area contributed by atoms with Crippen LogP contribution in [0.1, 0.15) is 33.3 Å². The van der Waals surface area contributed by atoms with Crippen molar-refractivity contribution in [2.75, 3.05) is 18.4 Å². The first-order chi connectivity index (χ1) is 12.0. The van der Waals surface area contributed by atoms with Crippen molar-refractivity contribution in [1.29, 1.82) is 5.26 Å². The highest BCUT2D eigenvalue weighted by atomic mass is 19.4. The molecule has 0 bridgehead atoms. The van der Waals surface area contributed by atoms with E-state index in [1.165, 1.54) is 18.3 Å². The highest BCUT2D eigenvalue weighted by Crippen LogP contribution is 2.30. The van der Waals surface area contributed by atoms with E-state index in [-0.39, 0.29) is 11.3 Å². The van der Waals surface area contributed by atoms with Gasteiger partial charge >= 0.3 is 6.18 Å². The van der Waals surface area contributed by atoms with E-state index in [4.69, 9.17) is 0 Å². The van der Waals surface area contributed by atoms with Crippen LogP contribution in [0.4, 0.5) is 18.9 Å². The first-order valence-corrected chi connectivity index (χ1v) is 8.37. The van der Waals surface area contributed by atoms with Crippen molar-refractivity contribution in [1.82, 2.24) is 4.90 Å². The number of hydrogen-bond donors (Lipinski definition) is 1. The molecule has 26 heavy (non-hydrogen) atoms. The second-order valence-corrected chi connectivity index (χ2v) is 6.93. The molecule has 1 aromatic carbocycles. The lowest BCUT2D eigenvalue weighted by Gasteiger charge is -2.25. The van der Waals surface area contributed by atoms with Gasteiger partial charge in [0.1, 0.15) is 11.6 Å². The molecule has 1 rings (SSSR count). The highest BCUT2D eigenvalue weighted by molar-refractivity contribution is 6.06. The summed E-state index contributed by atoms with van der Waals surface area (Å²) < 4.78 is 38.3. The summed E-state index contributed by atoms with van der Waals surface area (Å²) in [6.07, 6.45) is -3.02. The summed E-state index contributed by atoms with van der Waals surface area (Å²) in [5, 5.41) is 11.7. The summed E-state index contributed by atoms with van der Waals surface area (Å²) in [6, 6.07) is 6.15. The Hall–Kier alpha value is -2.49. The van der Waals surface area contributed by atoms with Crippen LogP contribution in [0.5, 0.6) is 0 Å². The van der Waals surface area contributed by atoms with E-state index in [2.05, 4.69) is 5.32 Å². The number of nitrogens with one attached hydrogen (secondary N) is 1. The Labute approximate surface area is 152 Å². The Morgan fingerprint density at radius 1 is 1.23 bits per heavy atom. The minimum Gasteiger partial charge on any atom is -0.376 e. The van der Waals surface area contributed by atoms with E-state index in [9.17, 15) is 23.2 Å². The molecule has 142 valence electrons. The van der Waals surface area contributed by atoms with Gasteiger partial charge in [0.15, 0.2) is 0 Å². The van der Waals surface area contributed by atoms with Crippen LogP contribution in [0.25, 0.3) is 0 Å². The van der Waals surface area contributed by atoms with Crippen LogP contribution in [0, 0.1) is 23.2 Å². The number of carbonyl (C=O) groups is 1. The van der Waals surface area contributed by atoms with Crippen molar-refractivity contribution in [2.45, 2.75) is 33.9 Å². The summed E-state index contributed by atoms with van der Waals surface area (Å²) in [6.45, 7) is 9.43. The minimum absolute atomic E-state index is 0.00903. The quantitative estimate of drug-likeness (QED) is 0.563. The molecule has 1 N–H and O–H groups in total. The monoisotopic (exact) mass is 367 g/mol. The summed E-state index contributed by atoms with van der Waals surface area (Å²) in [5.74, 6) is -0.0720. The van der Waals surface area contributed by atoms with Gasteiger partial charge in [-0.1, -0.05) is 33.8 Å². The molecule has 0 aliphatic rings. The highest BCUT2D eigenvalue weighted by Gasteiger charge is 2.30. The number of benzene rings is 1. The first-order valence-electron chi connectivity index (χ1n) is 8.37. The van der Waals surface area contributed by atoms with Gasteiger partial charge in [-0.2, -0.15) is 18.4 Å². The predicted octanol–water partition coefficient (Wildman–Crippen LogP) is 4.67. The minimum atomic E-state index is -4.50. The molecule has 0 saturated carbocycles. The van der Waals surface area contributed by atoms with Gasteiger partial charge in [-0.05, 0) is 30.0 Å². The molecule has 0 saturated heterocycles. The smallest absolute Gasteiger partial charge is 0.376 e. The summed E-state index contributed by atoms with van der Waals surface area (Å²) in [5.41, 5.74) is -1.02. The summed E-state index contributed by atoms with van der Waals surface area (Å²) >= 11 is 0. The van der Waals surface area contributed by atoms with Gasteiger partial charge in [-0.15, -0.1) is 0 Å². The number of nitriles is 1. The van der Waals surface area contributed by atoms with E-state index in [1.54, 1.807) is 0 Å². The molecule has 0 aliphatic carbocycles. The van der Waals surface area contributed by atoms with Gasteiger partial charge in [0, 0.05) is 25.0 Å². The van der Waals surface area contributed by atoms with E-state index >= 15 is 0 Å². The van der Waals surface area contributed by atoms with Gasteiger partial charge < -0.3 is 10.2 Å². The second kappa shape index (κ2) is 9.27. The van der Waals surface area contributed by atoms with Crippen LogP contribution in [0.15, 0.2) is 36.0 Å². The molecule has 4 nitrogen and oxygen atoms in total. The van der Waals surface area contributed by atoms with Gasteiger partial charge in [-0.3, -0.25) is 4.79 Å². The number of hydrogen-bond acceptors (Lipinski definition) is 3. The normalized spacial score (nSPS) is 12.2. The van der Waals surface area contributed by atoms with Crippen molar-refractivity contribution < 1.29 is 18.0 Å². The molecule has 0 atom stereocenters. The fourth-order valence-electron chi connectivity index (χ4n) is 2.41. The maximum absolute atomic E-state index is 12.8. The van der Waals surface area contributed by atoms with E-state index in [0.717, 1.165) is 12.1 Å². The molecule has 0 radical (unpaired) electrons. The number of amides is 1. The molecule has 0 unspecified atom stereocenters. The summed E-state index contributed by atoms with van der Waals surface area (Å²) in [7, 11) is 0. The van der Waals surface area contributed by atoms with Crippen LogP contribution in [0.2, 0.25) is 0 Å². The van der Waals surface area contributed by atoms with Crippen molar-refractivity contribution in [3.8, 4) is 6.07 Å². The third kappa shape index (κ3) is 7.18. The van der Waals surface area contributed by atoms with Crippen molar-refractivity contribution in [3.63, 3.8) is 0 Å². The van der Waals surface area contributed by atoms with Gasteiger partial charge in [-0.25, -0.2) is 0 Å². The maximum atomic E-state index is 12.8.